The number of benzene rings is 2. The molecule has 0 aliphatic carbocycles. The number of aromatic nitrogens is 1. The standard InChI is InChI=1S/C25H29N5O7/c1-3-19(14-35-23(31)11-26)37-25(33)28-12-16-5-4-6-17(9-16)29-24(32)30-18-7-8-20(21(10-18)34-2)22-13-27-15-36-22/h4-10,13,15,19H,3,11-12,14,26H2,1-2H3,(H,28,33)(H2,29,30,32)/t19-/m1/s1. The normalized spacial score (nSPS) is 11.2. The molecule has 12 nitrogen and oxygen atoms in total. The highest BCUT2D eigenvalue weighted by Crippen LogP contribution is 2.32. The van der Waals surface area contributed by atoms with Gasteiger partial charge in [0.05, 0.1) is 25.4 Å². The summed E-state index contributed by atoms with van der Waals surface area (Å²) in [6.07, 6.45) is 2.12. The summed E-state index contributed by atoms with van der Waals surface area (Å²) in [6, 6.07) is 11.6. The zero-order valence-electron chi connectivity index (χ0n) is 20.5. The van der Waals surface area contributed by atoms with Gasteiger partial charge in [0.15, 0.2) is 12.2 Å². The minimum Gasteiger partial charge on any atom is -0.496 e. The van der Waals surface area contributed by atoms with Crippen LogP contribution in [0.5, 0.6) is 5.75 Å². The van der Waals surface area contributed by atoms with E-state index in [1.807, 2.05) is 0 Å². The van der Waals surface area contributed by atoms with E-state index < -0.39 is 24.2 Å². The third-order valence-corrected chi connectivity index (χ3v) is 5.10. The first-order chi connectivity index (χ1) is 17.9. The average molecular weight is 512 g/mol. The number of urea groups is 1. The van der Waals surface area contributed by atoms with Gasteiger partial charge in [-0.15, -0.1) is 0 Å². The third kappa shape index (κ3) is 8.25. The van der Waals surface area contributed by atoms with E-state index in [0.717, 1.165) is 5.56 Å². The second-order valence-corrected chi connectivity index (χ2v) is 7.74. The number of esters is 1. The number of alkyl carbamates (subject to hydrolysis) is 1. The van der Waals surface area contributed by atoms with Gasteiger partial charge in [-0.25, -0.2) is 14.6 Å². The molecule has 0 saturated carbocycles. The van der Waals surface area contributed by atoms with Crippen LogP contribution in [0.3, 0.4) is 0 Å². The van der Waals surface area contributed by atoms with Gasteiger partial charge in [-0.3, -0.25) is 4.79 Å². The number of nitrogens with two attached hydrogens (primary N) is 1. The molecule has 1 aromatic heterocycles. The van der Waals surface area contributed by atoms with E-state index in [4.69, 9.17) is 24.4 Å². The van der Waals surface area contributed by atoms with E-state index in [9.17, 15) is 14.4 Å². The summed E-state index contributed by atoms with van der Waals surface area (Å²) >= 11 is 0. The summed E-state index contributed by atoms with van der Waals surface area (Å²) in [6.45, 7) is 1.66. The topological polar surface area (TPSA) is 167 Å². The number of methoxy groups -OCH3 is 1. The van der Waals surface area contributed by atoms with Gasteiger partial charge in [-0.05, 0) is 36.2 Å². The van der Waals surface area contributed by atoms with Crippen LogP contribution in [0.2, 0.25) is 0 Å². The molecule has 196 valence electrons. The molecule has 3 rings (SSSR count). The van der Waals surface area contributed by atoms with Crippen molar-refractivity contribution in [1.82, 2.24) is 10.3 Å². The fraction of sp³-hybridized carbons (Fsp3) is 0.280. The number of carbonyl (C=O) groups is 3. The van der Waals surface area contributed by atoms with E-state index in [1.165, 1.54) is 13.5 Å². The molecular weight excluding hydrogens is 482 g/mol. The van der Waals surface area contributed by atoms with Crippen molar-refractivity contribution in [3.63, 3.8) is 0 Å². The number of oxazole rings is 1. The third-order valence-electron chi connectivity index (χ3n) is 5.10. The van der Waals surface area contributed by atoms with Crippen molar-refractivity contribution >= 4 is 29.5 Å². The average Bonchev–Trinajstić information content (AvgIpc) is 3.44. The Balaban J connectivity index is 1.51. The molecule has 0 bridgehead atoms. The molecule has 5 N–H and O–H groups in total. The lowest BCUT2D eigenvalue weighted by atomic mass is 10.1. The van der Waals surface area contributed by atoms with Crippen LogP contribution < -0.4 is 26.4 Å². The van der Waals surface area contributed by atoms with Crippen LogP contribution in [-0.2, 0) is 20.8 Å². The smallest absolute Gasteiger partial charge is 0.407 e. The van der Waals surface area contributed by atoms with Crippen LogP contribution in [0.25, 0.3) is 11.3 Å². The number of hydrogen-bond acceptors (Lipinski definition) is 9. The molecule has 0 unspecified atom stereocenters. The maximum absolute atomic E-state index is 12.5. The molecule has 0 aliphatic rings. The number of nitrogens with zero attached hydrogens (tertiary/aromatic N) is 1. The first-order valence-electron chi connectivity index (χ1n) is 11.5. The molecule has 3 aromatic rings. The Morgan fingerprint density at radius 1 is 1.11 bits per heavy atom. The summed E-state index contributed by atoms with van der Waals surface area (Å²) in [7, 11) is 1.52. The summed E-state index contributed by atoms with van der Waals surface area (Å²) in [5.41, 5.74) is 7.66. The monoisotopic (exact) mass is 511 g/mol. The second kappa shape index (κ2) is 13.5. The Hall–Kier alpha value is -4.58. The fourth-order valence-corrected chi connectivity index (χ4v) is 3.22. The lowest BCUT2D eigenvalue weighted by Gasteiger charge is -2.16. The molecule has 3 amide bonds. The second-order valence-electron chi connectivity index (χ2n) is 7.74. The van der Waals surface area contributed by atoms with Crippen molar-refractivity contribution in [2.75, 3.05) is 30.9 Å². The largest absolute Gasteiger partial charge is 0.496 e. The van der Waals surface area contributed by atoms with E-state index in [1.54, 1.807) is 55.6 Å². The summed E-state index contributed by atoms with van der Waals surface area (Å²) in [5.74, 6) is 0.484. The molecule has 0 saturated heterocycles. The Morgan fingerprint density at radius 3 is 2.57 bits per heavy atom. The van der Waals surface area contributed by atoms with E-state index in [0.29, 0.717) is 34.9 Å². The van der Waals surface area contributed by atoms with Crippen molar-refractivity contribution in [3.05, 3.63) is 60.6 Å². The number of ether oxygens (including phenoxy) is 3. The number of anilines is 2. The van der Waals surface area contributed by atoms with Gasteiger partial charge in [-0.1, -0.05) is 19.1 Å². The minimum absolute atomic E-state index is 0.0663. The van der Waals surface area contributed by atoms with Crippen molar-refractivity contribution in [3.8, 4) is 17.1 Å². The molecular formula is C25H29N5O7. The van der Waals surface area contributed by atoms with Crippen LogP contribution in [0.1, 0.15) is 18.9 Å². The van der Waals surface area contributed by atoms with Crippen molar-refractivity contribution in [2.24, 2.45) is 5.73 Å². The zero-order chi connectivity index (χ0) is 26.6. The lowest BCUT2D eigenvalue weighted by Crippen LogP contribution is -2.32. The van der Waals surface area contributed by atoms with E-state index in [2.05, 4.69) is 20.9 Å². The predicted molar refractivity (Wildman–Crippen MR) is 135 cm³/mol. The van der Waals surface area contributed by atoms with Crippen molar-refractivity contribution in [2.45, 2.75) is 26.0 Å². The van der Waals surface area contributed by atoms with Crippen LogP contribution in [0.15, 0.2) is 59.5 Å². The summed E-state index contributed by atoms with van der Waals surface area (Å²) in [5, 5.41) is 8.13. The summed E-state index contributed by atoms with van der Waals surface area (Å²) in [4.78, 5) is 39.7. The molecule has 0 fully saturated rings. The van der Waals surface area contributed by atoms with Crippen molar-refractivity contribution < 1.29 is 33.0 Å². The number of carbonyl (C=O) groups excluding carboxylic acids is 3. The molecule has 37 heavy (non-hydrogen) atoms. The molecule has 2 aromatic carbocycles. The minimum atomic E-state index is -0.658. The quantitative estimate of drug-likeness (QED) is 0.282. The SMILES string of the molecule is CC[C@H](COC(=O)CN)OC(=O)NCc1cccc(NC(=O)Nc2ccc(-c3cnco3)c(OC)c2)c1. The molecule has 0 spiro atoms. The number of rotatable bonds is 11. The van der Waals surface area contributed by atoms with Gasteiger partial charge in [0.2, 0.25) is 0 Å². The molecule has 12 heteroatoms. The number of amides is 3. The Labute approximate surface area is 213 Å². The highest BCUT2D eigenvalue weighted by Gasteiger charge is 2.15. The first kappa shape index (κ1) is 27.0. The van der Waals surface area contributed by atoms with Crippen LogP contribution >= 0.6 is 0 Å². The maximum atomic E-state index is 12.5. The molecule has 1 atom stereocenters. The van der Waals surface area contributed by atoms with Gasteiger partial charge < -0.3 is 40.3 Å². The highest BCUT2D eigenvalue weighted by atomic mass is 16.6. The van der Waals surface area contributed by atoms with Crippen LogP contribution in [0, 0.1) is 0 Å². The Morgan fingerprint density at radius 2 is 1.89 bits per heavy atom. The molecule has 1 heterocycles. The van der Waals surface area contributed by atoms with Crippen LogP contribution in [-0.4, -0.2) is 49.4 Å². The molecule has 0 aliphatic heterocycles. The van der Waals surface area contributed by atoms with Gasteiger partial charge in [-0.2, -0.15) is 0 Å². The van der Waals surface area contributed by atoms with Gasteiger partial charge in [0.1, 0.15) is 18.5 Å². The van der Waals surface area contributed by atoms with E-state index in [-0.39, 0.29) is 19.7 Å². The first-order valence-corrected chi connectivity index (χ1v) is 11.5. The predicted octanol–water partition coefficient (Wildman–Crippen LogP) is 3.50. The molecule has 0 radical (unpaired) electrons. The zero-order valence-corrected chi connectivity index (χ0v) is 20.5. The highest BCUT2D eigenvalue weighted by molar-refractivity contribution is 6.00. The van der Waals surface area contributed by atoms with E-state index >= 15 is 0 Å². The number of hydrogen-bond donors (Lipinski definition) is 4. The van der Waals surface area contributed by atoms with Gasteiger partial charge in [0.25, 0.3) is 0 Å². The van der Waals surface area contributed by atoms with Crippen LogP contribution in [0.4, 0.5) is 21.0 Å². The summed E-state index contributed by atoms with van der Waals surface area (Å²) < 4.78 is 20.9. The number of nitrogens with one attached hydrogen (secondary N) is 3. The Bertz CT molecular complexity index is 1200. The van der Waals surface area contributed by atoms with Gasteiger partial charge >= 0.3 is 18.1 Å². The van der Waals surface area contributed by atoms with Crippen molar-refractivity contribution in [1.29, 1.82) is 0 Å². The Kier molecular flexibility index (Phi) is 9.85. The lowest BCUT2D eigenvalue weighted by molar-refractivity contribution is -0.144. The maximum Gasteiger partial charge on any atom is 0.407 e. The fourth-order valence-electron chi connectivity index (χ4n) is 3.22. The van der Waals surface area contributed by atoms with Gasteiger partial charge in [0, 0.05) is 24.0 Å².